The summed E-state index contributed by atoms with van der Waals surface area (Å²) < 4.78 is 4.71. The quantitative estimate of drug-likeness (QED) is 0.661. The Morgan fingerprint density at radius 2 is 1.92 bits per heavy atom. The Morgan fingerprint density at radius 1 is 1.38 bits per heavy atom. The van der Waals surface area contributed by atoms with Crippen LogP contribution < -0.4 is 0 Å². The summed E-state index contributed by atoms with van der Waals surface area (Å²) in [5.41, 5.74) is 0. The second-order valence-electron chi connectivity index (χ2n) is 2.60. The molecule has 0 aliphatic carbocycles. The first-order valence-electron chi connectivity index (χ1n) is 4.95. The fourth-order valence-electron chi connectivity index (χ4n) is 0.754. The predicted octanol–water partition coefficient (Wildman–Crippen LogP) is 1.92. The van der Waals surface area contributed by atoms with Gasteiger partial charge in [-0.15, -0.1) is 0 Å². The lowest BCUT2D eigenvalue weighted by Crippen LogP contribution is -2.30. The fraction of sp³-hybridized carbons (Fsp3) is 0.900. The highest BCUT2D eigenvalue weighted by Gasteiger charge is 2.05. The molecule has 0 spiro atoms. The molecule has 0 aromatic rings. The van der Waals surface area contributed by atoms with Crippen molar-refractivity contribution in [3.8, 4) is 0 Å². The SMILES string of the molecule is CC.CCCCN(C)C(=O)COC. The highest BCUT2D eigenvalue weighted by molar-refractivity contribution is 5.77. The van der Waals surface area contributed by atoms with Crippen LogP contribution in [0.3, 0.4) is 0 Å². The molecule has 3 nitrogen and oxygen atoms in total. The highest BCUT2D eigenvalue weighted by Crippen LogP contribution is 1.92. The summed E-state index contributed by atoms with van der Waals surface area (Å²) in [4.78, 5) is 12.8. The van der Waals surface area contributed by atoms with E-state index in [2.05, 4.69) is 6.92 Å². The van der Waals surface area contributed by atoms with Crippen molar-refractivity contribution in [2.45, 2.75) is 33.6 Å². The lowest BCUT2D eigenvalue weighted by atomic mass is 10.3. The summed E-state index contributed by atoms with van der Waals surface area (Å²) in [7, 11) is 3.34. The zero-order valence-corrected chi connectivity index (χ0v) is 9.59. The molecule has 0 aliphatic heterocycles. The number of carbonyl (C=O) groups is 1. The van der Waals surface area contributed by atoms with Crippen LogP contribution in [0.2, 0.25) is 0 Å². The first kappa shape index (κ1) is 14.9. The van der Waals surface area contributed by atoms with Crippen LogP contribution in [0.15, 0.2) is 0 Å². The molecule has 0 atom stereocenters. The number of amides is 1. The Bertz CT molecular complexity index is 115. The van der Waals surface area contributed by atoms with Crippen molar-refractivity contribution in [3.05, 3.63) is 0 Å². The van der Waals surface area contributed by atoms with Gasteiger partial charge in [0.1, 0.15) is 6.61 Å². The third-order valence-corrected chi connectivity index (χ3v) is 1.54. The number of unbranched alkanes of at least 4 members (excludes halogenated alkanes) is 1. The van der Waals surface area contributed by atoms with E-state index in [9.17, 15) is 4.79 Å². The smallest absolute Gasteiger partial charge is 0.248 e. The Balaban J connectivity index is 0. The van der Waals surface area contributed by atoms with Crippen LogP contribution in [0.25, 0.3) is 0 Å². The topological polar surface area (TPSA) is 29.5 Å². The Hall–Kier alpha value is -0.570. The van der Waals surface area contributed by atoms with Gasteiger partial charge in [0, 0.05) is 20.7 Å². The molecule has 0 heterocycles. The summed E-state index contributed by atoms with van der Waals surface area (Å²) in [6.45, 7) is 7.13. The number of rotatable bonds is 5. The third-order valence-electron chi connectivity index (χ3n) is 1.54. The van der Waals surface area contributed by atoms with Gasteiger partial charge in [0.25, 0.3) is 0 Å². The van der Waals surface area contributed by atoms with Crippen molar-refractivity contribution < 1.29 is 9.53 Å². The van der Waals surface area contributed by atoms with Gasteiger partial charge < -0.3 is 9.64 Å². The molecule has 0 aliphatic rings. The van der Waals surface area contributed by atoms with Crippen molar-refractivity contribution in [2.75, 3.05) is 27.3 Å². The van der Waals surface area contributed by atoms with Crippen molar-refractivity contribution in [1.82, 2.24) is 4.90 Å². The van der Waals surface area contributed by atoms with Gasteiger partial charge in [-0.3, -0.25) is 4.79 Å². The van der Waals surface area contributed by atoms with Gasteiger partial charge in [0.15, 0.2) is 0 Å². The minimum atomic E-state index is 0.0564. The maximum atomic E-state index is 11.0. The van der Waals surface area contributed by atoms with Crippen molar-refractivity contribution in [3.63, 3.8) is 0 Å². The van der Waals surface area contributed by atoms with E-state index in [1.807, 2.05) is 13.8 Å². The summed E-state index contributed by atoms with van der Waals surface area (Å²) in [5.74, 6) is 0.0564. The average Bonchev–Trinajstić information content (AvgIpc) is 2.17. The van der Waals surface area contributed by atoms with Crippen LogP contribution in [0, 0.1) is 0 Å². The van der Waals surface area contributed by atoms with E-state index in [0.717, 1.165) is 19.4 Å². The molecule has 1 amide bonds. The van der Waals surface area contributed by atoms with E-state index in [1.165, 1.54) is 7.11 Å². The van der Waals surface area contributed by atoms with Gasteiger partial charge in [-0.25, -0.2) is 0 Å². The molecular weight excluding hydrogens is 166 g/mol. The van der Waals surface area contributed by atoms with E-state index in [-0.39, 0.29) is 12.5 Å². The molecule has 0 radical (unpaired) electrons. The molecule has 3 heteroatoms. The predicted molar refractivity (Wildman–Crippen MR) is 55.8 cm³/mol. The Morgan fingerprint density at radius 3 is 2.31 bits per heavy atom. The lowest BCUT2D eigenvalue weighted by Gasteiger charge is -2.15. The Labute approximate surface area is 82.1 Å². The number of methoxy groups -OCH3 is 1. The number of carbonyl (C=O) groups excluding carboxylic acids is 1. The Kier molecular flexibility index (Phi) is 13.1. The number of ether oxygens (including phenoxy) is 1. The fourth-order valence-corrected chi connectivity index (χ4v) is 0.754. The van der Waals surface area contributed by atoms with Crippen molar-refractivity contribution >= 4 is 5.91 Å². The minimum Gasteiger partial charge on any atom is -0.375 e. The van der Waals surface area contributed by atoms with Gasteiger partial charge in [-0.1, -0.05) is 27.2 Å². The molecule has 0 aromatic carbocycles. The van der Waals surface area contributed by atoms with E-state index in [4.69, 9.17) is 4.74 Å². The monoisotopic (exact) mass is 189 g/mol. The van der Waals surface area contributed by atoms with Crippen LogP contribution in [-0.4, -0.2) is 38.1 Å². The molecule has 0 fully saturated rings. The molecule has 0 aromatic heterocycles. The highest BCUT2D eigenvalue weighted by atomic mass is 16.5. The summed E-state index contributed by atoms with van der Waals surface area (Å²) in [5, 5.41) is 0. The zero-order chi connectivity index (χ0) is 10.7. The van der Waals surface area contributed by atoms with E-state index < -0.39 is 0 Å². The molecule has 0 unspecified atom stereocenters. The first-order valence-corrected chi connectivity index (χ1v) is 4.95. The molecule has 0 rings (SSSR count). The number of likely N-dealkylation sites (N-methyl/N-ethyl adjacent to an activating group) is 1. The van der Waals surface area contributed by atoms with E-state index in [1.54, 1.807) is 11.9 Å². The van der Waals surface area contributed by atoms with Crippen LogP contribution in [-0.2, 0) is 9.53 Å². The molecule has 0 saturated heterocycles. The third kappa shape index (κ3) is 9.34. The normalized spacial score (nSPS) is 8.69. The number of hydrogen-bond acceptors (Lipinski definition) is 2. The number of nitrogens with zero attached hydrogens (tertiary/aromatic N) is 1. The van der Waals surface area contributed by atoms with Gasteiger partial charge in [-0.2, -0.15) is 0 Å². The first-order chi connectivity index (χ1) is 6.22. The zero-order valence-electron chi connectivity index (χ0n) is 9.59. The maximum Gasteiger partial charge on any atom is 0.248 e. The molecule has 0 saturated carbocycles. The second-order valence-corrected chi connectivity index (χ2v) is 2.60. The van der Waals surface area contributed by atoms with Crippen LogP contribution in [0.4, 0.5) is 0 Å². The summed E-state index contributed by atoms with van der Waals surface area (Å²) in [6, 6.07) is 0. The van der Waals surface area contributed by atoms with Crippen LogP contribution in [0.5, 0.6) is 0 Å². The number of hydrogen-bond donors (Lipinski definition) is 0. The van der Waals surface area contributed by atoms with Crippen molar-refractivity contribution in [1.29, 1.82) is 0 Å². The van der Waals surface area contributed by atoms with Crippen LogP contribution in [0.1, 0.15) is 33.6 Å². The maximum absolute atomic E-state index is 11.0. The van der Waals surface area contributed by atoms with Crippen LogP contribution >= 0.6 is 0 Å². The molecule has 13 heavy (non-hydrogen) atoms. The summed E-state index contributed by atoms with van der Waals surface area (Å²) in [6.07, 6.45) is 2.18. The largest absolute Gasteiger partial charge is 0.375 e. The average molecular weight is 189 g/mol. The van der Waals surface area contributed by atoms with E-state index in [0.29, 0.717) is 0 Å². The van der Waals surface area contributed by atoms with Gasteiger partial charge in [0.2, 0.25) is 5.91 Å². The van der Waals surface area contributed by atoms with Gasteiger partial charge in [-0.05, 0) is 6.42 Å². The lowest BCUT2D eigenvalue weighted by molar-refractivity contribution is -0.133. The standard InChI is InChI=1S/C8H17NO2.C2H6/c1-4-5-6-9(2)8(10)7-11-3;1-2/h4-7H2,1-3H3;1-2H3. The molecule has 0 N–H and O–H groups in total. The molecule has 80 valence electrons. The molecule has 0 bridgehead atoms. The summed E-state index contributed by atoms with van der Waals surface area (Å²) >= 11 is 0. The van der Waals surface area contributed by atoms with Crippen molar-refractivity contribution in [2.24, 2.45) is 0 Å². The van der Waals surface area contributed by atoms with Gasteiger partial charge >= 0.3 is 0 Å². The molecular formula is C10H23NO2. The minimum absolute atomic E-state index is 0.0564. The van der Waals surface area contributed by atoms with E-state index >= 15 is 0 Å². The van der Waals surface area contributed by atoms with Gasteiger partial charge in [0.05, 0.1) is 0 Å². The second kappa shape index (κ2) is 11.4.